The second-order valence-electron chi connectivity index (χ2n) is 9.20. The third-order valence-electron chi connectivity index (χ3n) is 6.41. The Balaban J connectivity index is 1.37. The smallest absolute Gasteiger partial charge is 0.368 e. The van der Waals surface area contributed by atoms with E-state index < -0.39 is 17.6 Å². The van der Waals surface area contributed by atoms with Crippen molar-refractivity contribution in [3.63, 3.8) is 0 Å². The summed E-state index contributed by atoms with van der Waals surface area (Å²) in [4.78, 5) is 33.3. The number of nitrogens with two attached hydrogens (primary N) is 1. The molecule has 0 unspecified atom stereocenters. The van der Waals surface area contributed by atoms with Gasteiger partial charge in [0.15, 0.2) is 0 Å². The lowest BCUT2D eigenvalue weighted by Crippen LogP contribution is -2.31. The standard InChI is InChI=1S/C29H23F3N6O2/c1-38-23-10-11-34-27(40)22(23)15-24(38)26-19(16-35-28(33)37-26)9-8-17-4-3-7-21(13-17)36-25(39)14-18-5-2-6-20(12-18)29(30,31)32/h2-7,12-13,15-16H,10-11,14H2,1H3,(H,34,40)(H,36,39)(H2,33,35,37). The topological polar surface area (TPSA) is 115 Å². The maximum atomic E-state index is 13.0. The van der Waals surface area contributed by atoms with E-state index in [1.54, 1.807) is 30.3 Å². The molecule has 0 saturated heterocycles. The number of aromatic nitrogens is 3. The fourth-order valence-electron chi connectivity index (χ4n) is 4.50. The van der Waals surface area contributed by atoms with E-state index in [1.165, 1.54) is 18.3 Å². The van der Waals surface area contributed by atoms with Crippen LogP contribution in [0, 0.1) is 11.8 Å². The van der Waals surface area contributed by atoms with E-state index in [1.807, 2.05) is 11.6 Å². The number of halogens is 3. The van der Waals surface area contributed by atoms with Gasteiger partial charge in [0.1, 0.15) is 5.69 Å². The predicted octanol–water partition coefficient (Wildman–Crippen LogP) is 3.95. The molecule has 3 heterocycles. The molecule has 2 aromatic heterocycles. The fraction of sp³-hybridized carbons (Fsp3) is 0.172. The highest BCUT2D eigenvalue weighted by Gasteiger charge is 2.30. The molecule has 0 radical (unpaired) electrons. The summed E-state index contributed by atoms with van der Waals surface area (Å²) in [6.07, 6.45) is -2.50. The molecule has 4 aromatic rings. The number of carbonyl (C=O) groups is 2. The van der Waals surface area contributed by atoms with Crippen molar-refractivity contribution < 1.29 is 22.8 Å². The van der Waals surface area contributed by atoms with E-state index >= 15 is 0 Å². The molecule has 202 valence electrons. The first kappa shape index (κ1) is 26.5. The van der Waals surface area contributed by atoms with Gasteiger partial charge in [0.05, 0.1) is 28.8 Å². The average molecular weight is 545 g/mol. The van der Waals surface area contributed by atoms with Gasteiger partial charge in [-0.3, -0.25) is 9.59 Å². The molecule has 8 nitrogen and oxygen atoms in total. The molecule has 0 atom stereocenters. The summed E-state index contributed by atoms with van der Waals surface area (Å²) in [5.74, 6) is 5.54. The van der Waals surface area contributed by atoms with E-state index in [9.17, 15) is 22.8 Å². The van der Waals surface area contributed by atoms with Gasteiger partial charge in [0.2, 0.25) is 11.9 Å². The maximum Gasteiger partial charge on any atom is 0.416 e. The van der Waals surface area contributed by atoms with Crippen molar-refractivity contribution in [2.75, 3.05) is 17.6 Å². The van der Waals surface area contributed by atoms with E-state index in [4.69, 9.17) is 5.73 Å². The van der Waals surface area contributed by atoms with Crippen molar-refractivity contribution in [1.82, 2.24) is 19.9 Å². The monoisotopic (exact) mass is 544 g/mol. The highest BCUT2D eigenvalue weighted by Crippen LogP contribution is 2.30. The van der Waals surface area contributed by atoms with Crippen molar-refractivity contribution in [2.45, 2.75) is 19.0 Å². The first-order valence-electron chi connectivity index (χ1n) is 12.3. The van der Waals surface area contributed by atoms with Crippen LogP contribution in [0.2, 0.25) is 0 Å². The number of rotatable bonds is 4. The normalized spacial score (nSPS) is 12.7. The van der Waals surface area contributed by atoms with E-state index in [0.29, 0.717) is 46.7 Å². The van der Waals surface area contributed by atoms with Crippen LogP contribution < -0.4 is 16.4 Å². The molecule has 2 amide bonds. The van der Waals surface area contributed by atoms with Gasteiger partial charge in [0, 0.05) is 43.2 Å². The third-order valence-corrected chi connectivity index (χ3v) is 6.41. The molecule has 0 saturated carbocycles. The Morgan fingerprint density at radius 3 is 2.73 bits per heavy atom. The number of alkyl halides is 3. The average Bonchev–Trinajstić information content (AvgIpc) is 3.25. The first-order valence-corrected chi connectivity index (χ1v) is 12.3. The van der Waals surface area contributed by atoms with Gasteiger partial charge in [-0.15, -0.1) is 0 Å². The predicted molar refractivity (Wildman–Crippen MR) is 143 cm³/mol. The number of carbonyl (C=O) groups excluding carboxylic acids is 2. The minimum atomic E-state index is -4.48. The Hall–Kier alpha value is -5.11. The number of amides is 2. The molecule has 0 bridgehead atoms. The summed E-state index contributed by atoms with van der Waals surface area (Å²) < 4.78 is 40.8. The molecule has 4 N–H and O–H groups in total. The van der Waals surface area contributed by atoms with Crippen LogP contribution in [-0.4, -0.2) is 32.9 Å². The molecule has 1 aliphatic rings. The summed E-state index contributed by atoms with van der Waals surface area (Å²) in [7, 11) is 1.85. The molecule has 11 heteroatoms. The van der Waals surface area contributed by atoms with Gasteiger partial charge in [-0.2, -0.15) is 13.2 Å². The third kappa shape index (κ3) is 5.66. The largest absolute Gasteiger partial charge is 0.416 e. The number of hydrogen-bond donors (Lipinski definition) is 3. The Kier molecular flexibility index (Phi) is 7.00. The lowest BCUT2D eigenvalue weighted by atomic mass is 10.1. The highest BCUT2D eigenvalue weighted by molar-refractivity contribution is 5.98. The second-order valence-corrected chi connectivity index (χ2v) is 9.20. The van der Waals surface area contributed by atoms with Crippen LogP contribution in [0.4, 0.5) is 24.8 Å². The SMILES string of the molecule is Cn1c(-c2nc(N)ncc2C#Cc2cccc(NC(=O)Cc3cccc(C(F)(F)F)c3)c2)cc2c1CCNC2=O. The first-order chi connectivity index (χ1) is 19.1. The zero-order valence-electron chi connectivity index (χ0n) is 21.3. The summed E-state index contributed by atoms with van der Waals surface area (Å²) in [6, 6.07) is 13.2. The fourth-order valence-corrected chi connectivity index (χ4v) is 4.50. The quantitative estimate of drug-likeness (QED) is 0.337. The maximum absolute atomic E-state index is 13.0. The Morgan fingerprint density at radius 1 is 1.15 bits per heavy atom. The lowest BCUT2D eigenvalue weighted by Gasteiger charge is -2.14. The van der Waals surface area contributed by atoms with Crippen LogP contribution in [0.3, 0.4) is 0 Å². The number of fused-ring (bicyclic) bond motifs is 1. The van der Waals surface area contributed by atoms with E-state index in [2.05, 4.69) is 32.4 Å². The molecular weight excluding hydrogens is 521 g/mol. The Morgan fingerprint density at radius 2 is 1.95 bits per heavy atom. The van der Waals surface area contributed by atoms with Crippen LogP contribution >= 0.6 is 0 Å². The Bertz CT molecular complexity index is 1700. The van der Waals surface area contributed by atoms with Gasteiger partial charge in [-0.25, -0.2) is 9.97 Å². The van der Waals surface area contributed by atoms with Crippen LogP contribution in [0.5, 0.6) is 0 Å². The van der Waals surface area contributed by atoms with Crippen LogP contribution in [-0.2, 0) is 30.9 Å². The van der Waals surface area contributed by atoms with Crippen molar-refractivity contribution in [3.05, 3.63) is 94.3 Å². The summed E-state index contributed by atoms with van der Waals surface area (Å²) >= 11 is 0. The van der Waals surface area contributed by atoms with Gasteiger partial charge in [-0.1, -0.05) is 36.1 Å². The number of benzene rings is 2. The number of nitrogens with one attached hydrogen (secondary N) is 2. The number of nitrogens with zero attached hydrogens (tertiary/aromatic N) is 3. The summed E-state index contributed by atoms with van der Waals surface area (Å²) in [5.41, 5.74) is 9.45. The van der Waals surface area contributed by atoms with Gasteiger partial charge in [0.25, 0.3) is 5.91 Å². The molecule has 40 heavy (non-hydrogen) atoms. The second kappa shape index (κ2) is 10.6. The zero-order valence-corrected chi connectivity index (χ0v) is 21.3. The van der Waals surface area contributed by atoms with Gasteiger partial charge in [-0.05, 0) is 35.9 Å². The van der Waals surface area contributed by atoms with Crippen molar-refractivity contribution in [2.24, 2.45) is 7.05 Å². The number of nitrogen functional groups attached to an aromatic ring is 1. The highest BCUT2D eigenvalue weighted by atomic mass is 19.4. The van der Waals surface area contributed by atoms with Crippen molar-refractivity contribution >= 4 is 23.5 Å². The van der Waals surface area contributed by atoms with Crippen molar-refractivity contribution in [1.29, 1.82) is 0 Å². The lowest BCUT2D eigenvalue weighted by molar-refractivity contribution is -0.137. The molecule has 0 fully saturated rings. The number of hydrogen-bond acceptors (Lipinski definition) is 5. The Labute approximate surface area is 227 Å². The molecule has 0 spiro atoms. The minimum absolute atomic E-state index is 0.0645. The molecular formula is C29H23F3N6O2. The van der Waals surface area contributed by atoms with Crippen molar-refractivity contribution in [3.8, 4) is 23.2 Å². The summed E-state index contributed by atoms with van der Waals surface area (Å²) in [6.45, 7) is 0.550. The molecule has 1 aliphatic heterocycles. The minimum Gasteiger partial charge on any atom is -0.368 e. The zero-order chi connectivity index (χ0) is 28.4. The molecule has 0 aliphatic carbocycles. The molecule has 2 aromatic carbocycles. The van der Waals surface area contributed by atoms with Gasteiger partial charge >= 0.3 is 6.18 Å². The van der Waals surface area contributed by atoms with Crippen LogP contribution in [0.25, 0.3) is 11.4 Å². The van der Waals surface area contributed by atoms with E-state index in [0.717, 1.165) is 17.8 Å². The van der Waals surface area contributed by atoms with Gasteiger partial charge < -0.3 is 20.9 Å². The van der Waals surface area contributed by atoms with Crippen LogP contribution in [0.1, 0.15) is 38.3 Å². The number of anilines is 2. The summed E-state index contributed by atoms with van der Waals surface area (Å²) in [5, 5.41) is 5.53. The van der Waals surface area contributed by atoms with E-state index in [-0.39, 0.29) is 23.8 Å². The molecule has 5 rings (SSSR count). The van der Waals surface area contributed by atoms with Crippen LogP contribution in [0.15, 0.2) is 60.8 Å².